The van der Waals surface area contributed by atoms with Gasteiger partial charge in [0.15, 0.2) is 0 Å². The molecule has 1 saturated heterocycles. The van der Waals surface area contributed by atoms with E-state index in [2.05, 4.69) is 10.4 Å². The number of benzene rings is 2. The Morgan fingerprint density at radius 1 is 0.981 bits per heavy atom. The second-order valence-corrected chi connectivity index (χ2v) is 14.6. The number of methoxy groups -OCH3 is 1. The van der Waals surface area contributed by atoms with Gasteiger partial charge in [0.05, 0.1) is 29.8 Å². The fourth-order valence-corrected chi connectivity index (χ4v) is 7.69. The largest absolute Gasteiger partial charge is 0.481 e. The van der Waals surface area contributed by atoms with Crippen molar-refractivity contribution in [3.05, 3.63) is 85.8 Å². The number of carbonyl (C=O) groups is 2. The molecule has 1 aromatic heterocycles. The molecule has 0 radical (unpaired) electrons. The van der Waals surface area contributed by atoms with Crippen molar-refractivity contribution < 1.29 is 41.4 Å². The zero-order chi connectivity index (χ0) is 38.0. The van der Waals surface area contributed by atoms with Crippen molar-refractivity contribution >= 4 is 11.9 Å². The van der Waals surface area contributed by atoms with Crippen LogP contribution in [0.1, 0.15) is 109 Å². The Labute approximate surface area is 304 Å². The van der Waals surface area contributed by atoms with E-state index in [0.717, 1.165) is 47.9 Å². The lowest BCUT2D eigenvalue weighted by atomic mass is 9.87. The zero-order valence-corrected chi connectivity index (χ0v) is 29.9. The van der Waals surface area contributed by atoms with E-state index in [9.17, 15) is 37.1 Å². The molecule has 3 aromatic rings. The summed E-state index contributed by atoms with van der Waals surface area (Å²) in [6.45, 7) is 3.07. The molecule has 1 saturated carbocycles. The molecule has 0 spiro atoms. The molecule has 286 valence electrons. The van der Waals surface area contributed by atoms with Gasteiger partial charge in [0, 0.05) is 44.8 Å². The summed E-state index contributed by atoms with van der Waals surface area (Å²) in [6, 6.07) is 3.79. The minimum Gasteiger partial charge on any atom is -0.481 e. The number of ether oxygens (including phenoxy) is 1. The van der Waals surface area contributed by atoms with Gasteiger partial charge in [0.2, 0.25) is 5.91 Å². The number of alkyl halides is 3. The van der Waals surface area contributed by atoms with Gasteiger partial charge in [-0.2, -0.15) is 18.3 Å². The Bertz CT molecular complexity index is 1900. The Morgan fingerprint density at radius 2 is 1.68 bits per heavy atom. The van der Waals surface area contributed by atoms with E-state index in [1.54, 1.807) is 20.1 Å². The Balaban J connectivity index is 1.42. The number of hydrogen-bond acceptors (Lipinski definition) is 6. The van der Waals surface area contributed by atoms with Gasteiger partial charge < -0.3 is 15.2 Å². The summed E-state index contributed by atoms with van der Waals surface area (Å²) in [7, 11) is 1.56. The van der Waals surface area contributed by atoms with Gasteiger partial charge in [0.1, 0.15) is 17.7 Å². The number of likely N-dealkylation sites (tertiary alicyclic amines) is 1. The minimum atomic E-state index is -4.87. The number of amides is 1. The summed E-state index contributed by atoms with van der Waals surface area (Å²) in [5.41, 5.74) is 0.297. The number of fused-ring (bicyclic) bond motifs is 4. The molecule has 2 atom stereocenters. The van der Waals surface area contributed by atoms with Crippen LogP contribution >= 0.6 is 0 Å². The summed E-state index contributed by atoms with van der Waals surface area (Å²) < 4.78 is 79.8. The highest BCUT2D eigenvalue weighted by molar-refractivity contribution is 5.82. The van der Waals surface area contributed by atoms with E-state index in [1.807, 2.05) is 4.90 Å². The van der Waals surface area contributed by atoms with E-state index in [4.69, 9.17) is 4.74 Å². The maximum atomic E-state index is 16.5. The summed E-state index contributed by atoms with van der Waals surface area (Å²) in [4.78, 5) is 41.8. The number of rotatable bonds is 8. The first kappa shape index (κ1) is 38.6. The molecule has 9 nitrogen and oxygen atoms in total. The van der Waals surface area contributed by atoms with Crippen LogP contribution in [0.4, 0.5) is 22.0 Å². The van der Waals surface area contributed by atoms with Crippen LogP contribution in [0.2, 0.25) is 0 Å². The predicted octanol–water partition coefficient (Wildman–Crippen LogP) is 7.04. The van der Waals surface area contributed by atoms with E-state index in [1.165, 1.54) is 18.2 Å². The average Bonchev–Trinajstić information content (AvgIpc) is 3.90. The smallest absolute Gasteiger partial charge is 0.418 e. The first-order valence-corrected chi connectivity index (χ1v) is 18.3. The molecule has 6 rings (SSSR count). The second-order valence-electron chi connectivity index (χ2n) is 14.6. The molecule has 1 amide bonds. The van der Waals surface area contributed by atoms with Crippen molar-refractivity contribution in [1.82, 2.24) is 20.0 Å². The third-order valence-electron chi connectivity index (χ3n) is 10.7. The van der Waals surface area contributed by atoms with Gasteiger partial charge in [-0.15, -0.1) is 0 Å². The molecule has 53 heavy (non-hydrogen) atoms. The van der Waals surface area contributed by atoms with Crippen molar-refractivity contribution in [2.45, 2.75) is 108 Å². The molecule has 2 aliphatic heterocycles. The molecule has 1 aliphatic carbocycles. The number of carboxylic acids is 1. The number of nitrogens with one attached hydrogen (secondary N) is 1. The first-order valence-electron chi connectivity index (χ1n) is 18.3. The first-order chi connectivity index (χ1) is 25.2. The van der Waals surface area contributed by atoms with E-state index in [0.29, 0.717) is 55.1 Å². The van der Waals surface area contributed by atoms with E-state index >= 15 is 4.39 Å². The Morgan fingerprint density at radius 3 is 2.36 bits per heavy atom. The van der Waals surface area contributed by atoms with Crippen LogP contribution in [0.5, 0.6) is 0 Å². The number of aliphatic carboxylic acids is 1. The Hall–Kier alpha value is -4.17. The minimum absolute atomic E-state index is 0.0208. The highest BCUT2D eigenvalue weighted by atomic mass is 19.4. The second kappa shape index (κ2) is 16.1. The fourth-order valence-electron chi connectivity index (χ4n) is 7.69. The van der Waals surface area contributed by atoms with Crippen LogP contribution in [0.3, 0.4) is 0 Å². The molecule has 2 aromatic carbocycles. The van der Waals surface area contributed by atoms with Crippen LogP contribution in [0.15, 0.2) is 35.1 Å². The monoisotopic (exact) mass is 744 g/mol. The van der Waals surface area contributed by atoms with Crippen molar-refractivity contribution in [3.8, 4) is 11.1 Å². The molecule has 2 fully saturated rings. The van der Waals surface area contributed by atoms with E-state index in [-0.39, 0.29) is 37.0 Å². The molecular weight excluding hydrogens is 699 g/mol. The summed E-state index contributed by atoms with van der Waals surface area (Å²) >= 11 is 0. The highest BCUT2D eigenvalue weighted by Crippen LogP contribution is 2.45. The summed E-state index contributed by atoms with van der Waals surface area (Å²) in [5, 5.41) is 16.8. The quantitative estimate of drug-likeness (QED) is 0.238. The maximum absolute atomic E-state index is 16.5. The normalized spacial score (nSPS) is 20.8. The number of carboxylic acid groups (broad SMARTS) is 1. The lowest BCUT2D eigenvalue weighted by Gasteiger charge is -2.38. The molecule has 3 aliphatic rings. The molecule has 14 heteroatoms. The van der Waals surface area contributed by atoms with Gasteiger partial charge in [-0.05, 0) is 97.0 Å². The number of hydrogen-bond donors (Lipinski definition) is 2. The van der Waals surface area contributed by atoms with Crippen molar-refractivity contribution in [3.63, 3.8) is 0 Å². The van der Waals surface area contributed by atoms with Gasteiger partial charge in [0.25, 0.3) is 5.56 Å². The van der Waals surface area contributed by atoms with Crippen LogP contribution < -0.4 is 10.9 Å². The number of halogens is 5. The SMILES string of the molecule is COC1CN(CCc2nn([C@H]3CCCCCCCc4cc(F)cc(C)c4-c4cc(C5CC5)c(F)c(c4)[C@H](CC(=O)O)NC3=O)c(=O)cc2C(F)(F)F)C1. The van der Waals surface area contributed by atoms with Gasteiger partial charge >= 0.3 is 12.1 Å². The highest BCUT2D eigenvalue weighted by Gasteiger charge is 2.38. The van der Waals surface area contributed by atoms with Crippen molar-refractivity contribution in [2.24, 2.45) is 0 Å². The number of aryl methyl sites for hydroxylation is 2. The van der Waals surface area contributed by atoms with Crippen LogP contribution in [0, 0.1) is 18.6 Å². The zero-order valence-electron chi connectivity index (χ0n) is 29.9. The fraction of sp³-hybridized carbons (Fsp3) is 0.538. The van der Waals surface area contributed by atoms with E-state index < -0.39 is 65.0 Å². The molecule has 2 N–H and O–H groups in total. The van der Waals surface area contributed by atoms with Crippen LogP contribution in [0.25, 0.3) is 11.1 Å². The predicted molar refractivity (Wildman–Crippen MR) is 187 cm³/mol. The standard InChI is InChI=1S/C39H45F5N4O5/c1-22-14-26(40)15-24-8-6-4-3-5-7-9-33(48-34(49)18-30(39(42,43)44)31(46-48)12-13-47-20-27(21-47)53-2)38(52)45-32(19-35(50)51)29-17-25(36(22)24)16-28(37(29)41)23-10-11-23/h14-18,23,27,32-33H,3-13,19-21H2,1-2H3,(H,45,52)(H,50,51)/t32-,33-/m0/s1. The lowest BCUT2D eigenvalue weighted by Crippen LogP contribution is -2.52. The average molecular weight is 745 g/mol. The Kier molecular flexibility index (Phi) is 11.7. The maximum Gasteiger partial charge on any atom is 0.418 e. The molecule has 2 bridgehead atoms. The molecule has 3 heterocycles. The van der Waals surface area contributed by atoms with Gasteiger partial charge in [-0.25, -0.2) is 13.5 Å². The summed E-state index contributed by atoms with van der Waals surface area (Å²) in [5.74, 6) is -3.34. The number of nitrogens with zero attached hydrogens (tertiary/aromatic N) is 3. The van der Waals surface area contributed by atoms with Gasteiger partial charge in [-0.3, -0.25) is 19.3 Å². The topological polar surface area (TPSA) is 114 Å². The van der Waals surface area contributed by atoms with Crippen molar-refractivity contribution in [1.29, 1.82) is 0 Å². The third-order valence-corrected chi connectivity index (χ3v) is 10.7. The van der Waals surface area contributed by atoms with Crippen LogP contribution in [-0.2, 0) is 33.3 Å². The van der Waals surface area contributed by atoms with Crippen LogP contribution in [-0.4, -0.2) is 64.5 Å². The number of aromatic nitrogens is 2. The van der Waals surface area contributed by atoms with Gasteiger partial charge in [-0.1, -0.05) is 25.7 Å². The van der Waals surface area contributed by atoms with Crippen molar-refractivity contribution in [2.75, 3.05) is 26.7 Å². The number of carbonyl (C=O) groups excluding carboxylic acids is 1. The molecular formula is C39H45F5N4O5. The third kappa shape index (κ3) is 8.97. The lowest BCUT2D eigenvalue weighted by molar-refractivity contribution is -0.139. The molecule has 0 unspecified atom stereocenters. The summed E-state index contributed by atoms with van der Waals surface area (Å²) in [6.07, 6.45) is -0.470.